The predicted molar refractivity (Wildman–Crippen MR) is 67.7 cm³/mol. The first kappa shape index (κ1) is 17.1. The van der Waals surface area contributed by atoms with E-state index in [2.05, 4.69) is 15.5 Å². The Balaban J connectivity index is 0.00000200. The van der Waals surface area contributed by atoms with E-state index in [0.717, 1.165) is 0 Å². The van der Waals surface area contributed by atoms with Gasteiger partial charge in [-0.05, 0) is 12.8 Å². The van der Waals surface area contributed by atoms with E-state index in [1.54, 1.807) is 0 Å². The number of ether oxygens (including phenoxy) is 1. The second-order valence-corrected chi connectivity index (χ2v) is 4.94. The number of rotatable bonds is 3. The number of amides is 1. The summed E-state index contributed by atoms with van der Waals surface area (Å²) in [5, 5.41) is 7.20. The zero-order valence-corrected chi connectivity index (χ0v) is 11.6. The van der Waals surface area contributed by atoms with Crippen molar-refractivity contribution >= 4 is 34.8 Å². The van der Waals surface area contributed by atoms with E-state index in [4.69, 9.17) is 10.5 Å². The molecule has 1 aliphatic heterocycles. The fourth-order valence-corrected chi connectivity index (χ4v) is 2.26. The van der Waals surface area contributed by atoms with Gasteiger partial charge in [0.05, 0.1) is 6.10 Å². The Morgan fingerprint density at radius 3 is 2.65 bits per heavy atom. The average molecular weight is 333 g/mol. The standard InChI is InChI=1S/C9H11F3N4O2S.ClH/c10-9(11,12)7-15-16-8(19-7)14-6(17)5-2-1-4(3-13)18-5;/h4-5H,1-3,13H2,(H,14,16,17);1H/t4-,5+;/m1./s1. The largest absolute Gasteiger partial charge is 0.445 e. The van der Waals surface area contributed by atoms with Crippen LogP contribution >= 0.6 is 23.7 Å². The summed E-state index contributed by atoms with van der Waals surface area (Å²) in [5.74, 6) is -0.527. The molecule has 6 nitrogen and oxygen atoms in total. The van der Waals surface area contributed by atoms with E-state index in [0.29, 0.717) is 19.4 Å². The SMILES string of the molecule is Cl.NC[C@H]1CC[C@@H](C(=O)Nc2nnc(C(F)(F)F)s2)O1. The molecule has 0 bridgehead atoms. The summed E-state index contributed by atoms with van der Waals surface area (Å²) in [4.78, 5) is 11.7. The van der Waals surface area contributed by atoms with Crippen LogP contribution in [-0.4, -0.2) is 34.9 Å². The van der Waals surface area contributed by atoms with Crippen LogP contribution in [0.15, 0.2) is 0 Å². The number of alkyl halides is 3. The minimum absolute atomic E-state index is 0. The first-order valence-electron chi connectivity index (χ1n) is 5.47. The van der Waals surface area contributed by atoms with Crippen molar-refractivity contribution in [3.8, 4) is 0 Å². The number of halogens is 4. The van der Waals surface area contributed by atoms with Gasteiger partial charge in [0.1, 0.15) is 6.10 Å². The summed E-state index contributed by atoms with van der Waals surface area (Å²) in [5.41, 5.74) is 5.40. The molecule has 0 unspecified atom stereocenters. The summed E-state index contributed by atoms with van der Waals surface area (Å²) in [6.07, 6.45) is -4.31. The quantitative estimate of drug-likeness (QED) is 0.873. The van der Waals surface area contributed by atoms with Gasteiger partial charge in [0, 0.05) is 6.54 Å². The number of anilines is 1. The molecular formula is C9H12ClF3N4O2S. The normalized spacial score (nSPS) is 22.4. The summed E-state index contributed by atoms with van der Waals surface area (Å²) >= 11 is 0.274. The molecule has 1 amide bonds. The van der Waals surface area contributed by atoms with Gasteiger partial charge in [0.25, 0.3) is 5.91 Å². The highest BCUT2D eigenvalue weighted by atomic mass is 35.5. The lowest BCUT2D eigenvalue weighted by Gasteiger charge is -2.10. The van der Waals surface area contributed by atoms with Crippen molar-refractivity contribution in [1.82, 2.24) is 10.2 Å². The highest BCUT2D eigenvalue weighted by molar-refractivity contribution is 7.15. The van der Waals surface area contributed by atoms with Crippen LogP contribution in [0.5, 0.6) is 0 Å². The molecule has 114 valence electrons. The molecule has 1 aromatic heterocycles. The molecule has 1 aliphatic rings. The molecule has 3 N–H and O–H groups in total. The molecule has 0 aromatic carbocycles. The van der Waals surface area contributed by atoms with Crippen molar-refractivity contribution in [1.29, 1.82) is 0 Å². The molecule has 1 aromatic rings. The van der Waals surface area contributed by atoms with Gasteiger partial charge in [-0.2, -0.15) is 13.2 Å². The molecule has 20 heavy (non-hydrogen) atoms. The molecule has 0 aliphatic carbocycles. The Labute approximate surface area is 122 Å². The lowest BCUT2D eigenvalue weighted by molar-refractivity contribution is -0.138. The van der Waals surface area contributed by atoms with Crippen molar-refractivity contribution in [3.05, 3.63) is 5.01 Å². The third-order valence-electron chi connectivity index (χ3n) is 2.56. The molecule has 0 saturated carbocycles. The van der Waals surface area contributed by atoms with Crippen LogP contribution in [-0.2, 0) is 15.7 Å². The number of hydrogen-bond acceptors (Lipinski definition) is 6. The maximum atomic E-state index is 12.3. The van der Waals surface area contributed by atoms with Gasteiger partial charge in [-0.3, -0.25) is 10.1 Å². The summed E-state index contributed by atoms with van der Waals surface area (Å²) < 4.78 is 42.2. The van der Waals surface area contributed by atoms with Crippen LogP contribution < -0.4 is 11.1 Å². The number of nitrogens with one attached hydrogen (secondary N) is 1. The maximum absolute atomic E-state index is 12.3. The van der Waals surface area contributed by atoms with E-state index < -0.39 is 23.2 Å². The molecule has 2 rings (SSSR count). The number of nitrogens with two attached hydrogens (primary N) is 1. The zero-order valence-electron chi connectivity index (χ0n) is 10.0. The van der Waals surface area contributed by atoms with Crippen LogP contribution in [0, 0.1) is 0 Å². The Hall–Kier alpha value is -0.970. The van der Waals surface area contributed by atoms with Gasteiger partial charge in [-0.1, -0.05) is 11.3 Å². The molecule has 2 heterocycles. The van der Waals surface area contributed by atoms with Gasteiger partial charge >= 0.3 is 6.18 Å². The molecule has 0 radical (unpaired) electrons. The minimum Gasteiger partial charge on any atom is -0.364 e. The monoisotopic (exact) mass is 332 g/mol. The summed E-state index contributed by atoms with van der Waals surface area (Å²) in [6.45, 7) is 0.306. The van der Waals surface area contributed by atoms with Gasteiger partial charge < -0.3 is 10.5 Å². The topological polar surface area (TPSA) is 90.1 Å². The van der Waals surface area contributed by atoms with Gasteiger partial charge in [-0.15, -0.1) is 22.6 Å². The van der Waals surface area contributed by atoms with Crippen LogP contribution in [0.1, 0.15) is 17.8 Å². The van der Waals surface area contributed by atoms with Crippen molar-refractivity contribution in [3.63, 3.8) is 0 Å². The second-order valence-electron chi connectivity index (χ2n) is 3.96. The number of carbonyl (C=O) groups excluding carboxylic acids is 1. The maximum Gasteiger partial charge on any atom is 0.445 e. The zero-order chi connectivity index (χ0) is 14.0. The molecule has 2 atom stereocenters. The van der Waals surface area contributed by atoms with Crippen molar-refractivity contribution < 1.29 is 22.7 Å². The number of aromatic nitrogens is 2. The summed E-state index contributed by atoms with van der Waals surface area (Å²) in [6, 6.07) is 0. The lowest BCUT2D eigenvalue weighted by atomic mass is 10.2. The van der Waals surface area contributed by atoms with E-state index in [1.165, 1.54) is 0 Å². The Bertz CT molecular complexity index is 470. The third kappa shape index (κ3) is 4.01. The first-order chi connectivity index (χ1) is 8.90. The second kappa shape index (κ2) is 6.66. The number of carbonyl (C=O) groups is 1. The average Bonchev–Trinajstić information content (AvgIpc) is 2.95. The molecule has 1 fully saturated rings. The van der Waals surface area contributed by atoms with Crippen LogP contribution in [0.4, 0.5) is 18.3 Å². The number of hydrogen-bond donors (Lipinski definition) is 2. The number of nitrogens with zero attached hydrogens (tertiary/aromatic N) is 2. The van der Waals surface area contributed by atoms with Crippen molar-refractivity contribution in [2.75, 3.05) is 11.9 Å². The van der Waals surface area contributed by atoms with Gasteiger partial charge in [0.15, 0.2) is 0 Å². The predicted octanol–water partition coefficient (Wildman–Crippen LogP) is 1.42. The van der Waals surface area contributed by atoms with Crippen LogP contribution in [0.3, 0.4) is 0 Å². The highest BCUT2D eigenvalue weighted by Gasteiger charge is 2.36. The molecule has 0 spiro atoms. The van der Waals surface area contributed by atoms with Gasteiger partial charge in [0.2, 0.25) is 10.1 Å². The van der Waals surface area contributed by atoms with E-state index >= 15 is 0 Å². The lowest BCUT2D eigenvalue weighted by Crippen LogP contribution is -2.29. The van der Waals surface area contributed by atoms with E-state index in [9.17, 15) is 18.0 Å². The van der Waals surface area contributed by atoms with E-state index in [-0.39, 0.29) is 35.0 Å². The fourth-order valence-electron chi connectivity index (χ4n) is 1.65. The summed E-state index contributed by atoms with van der Waals surface area (Å²) in [7, 11) is 0. The van der Waals surface area contributed by atoms with Crippen molar-refractivity contribution in [2.24, 2.45) is 5.73 Å². The van der Waals surface area contributed by atoms with E-state index in [1.807, 2.05) is 0 Å². The van der Waals surface area contributed by atoms with Crippen molar-refractivity contribution in [2.45, 2.75) is 31.2 Å². The molecule has 1 saturated heterocycles. The Morgan fingerprint density at radius 2 is 2.15 bits per heavy atom. The molecule has 11 heteroatoms. The highest BCUT2D eigenvalue weighted by Crippen LogP contribution is 2.33. The first-order valence-corrected chi connectivity index (χ1v) is 6.29. The van der Waals surface area contributed by atoms with Crippen LogP contribution in [0.25, 0.3) is 0 Å². The Kier molecular flexibility index (Phi) is 5.68. The van der Waals surface area contributed by atoms with Crippen LogP contribution in [0.2, 0.25) is 0 Å². The smallest absolute Gasteiger partial charge is 0.364 e. The van der Waals surface area contributed by atoms with Gasteiger partial charge in [-0.25, -0.2) is 0 Å². The Morgan fingerprint density at radius 1 is 1.45 bits per heavy atom. The minimum atomic E-state index is -4.56. The third-order valence-corrected chi connectivity index (χ3v) is 3.44. The fraction of sp³-hybridized carbons (Fsp3) is 0.667. The molecular weight excluding hydrogens is 321 g/mol.